The normalized spacial score (nSPS) is 19.8. The minimum absolute atomic E-state index is 0.0169. The van der Waals surface area contributed by atoms with Gasteiger partial charge in [0.25, 0.3) is 5.91 Å². The highest BCUT2D eigenvalue weighted by molar-refractivity contribution is 5.81. The van der Waals surface area contributed by atoms with Crippen LogP contribution in [0.25, 0.3) is 5.65 Å². The topological polar surface area (TPSA) is 46.8 Å². The van der Waals surface area contributed by atoms with E-state index in [1.54, 1.807) is 6.20 Å². The van der Waals surface area contributed by atoms with Crippen LogP contribution in [0.1, 0.15) is 38.8 Å². The lowest BCUT2D eigenvalue weighted by Crippen LogP contribution is -2.38. The molecule has 0 aromatic carbocycles. The van der Waals surface area contributed by atoms with Gasteiger partial charge in [0.15, 0.2) is 0 Å². The van der Waals surface area contributed by atoms with Crippen molar-refractivity contribution < 1.29 is 9.63 Å². The summed E-state index contributed by atoms with van der Waals surface area (Å²) in [7, 11) is 0. The molecule has 0 aliphatic carbocycles. The van der Waals surface area contributed by atoms with Crippen LogP contribution in [-0.4, -0.2) is 27.0 Å². The Morgan fingerprint density at radius 2 is 2.20 bits per heavy atom. The summed E-state index contributed by atoms with van der Waals surface area (Å²) in [6.07, 6.45) is 6.46. The highest BCUT2D eigenvalue weighted by atomic mass is 16.7. The Morgan fingerprint density at radius 3 is 2.95 bits per heavy atom. The number of hydrogen-bond donors (Lipinski definition) is 0. The van der Waals surface area contributed by atoms with Gasteiger partial charge in [0, 0.05) is 30.4 Å². The molecule has 0 bridgehead atoms. The summed E-state index contributed by atoms with van der Waals surface area (Å²) in [4.78, 5) is 22.3. The second-order valence-electron chi connectivity index (χ2n) is 6.17. The van der Waals surface area contributed by atoms with Crippen LogP contribution in [0.15, 0.2) is 30.7 Å². The molecule has 2 aromatic rings. The van der Waals surface area contributed by atoms with Gasteiger partial charge in [0.1, 0.15) is 5.65 Å². The van der Waals surface area contributed by atoms with Crippen molar-refractivity contribution in [3.63, 3.8) is 0 Å². The van der Waals surface area contributed by atoms with Gasteiger partial charge in [0.2, 0.25) is 0 Å². The monoisotopic (exact) mass is 273 g/mol. The molecule has 1 saturated heterocycles. The second kappa shape index (κ2) is 4.59. The Bertz CT molecular complexity index is 642. The number of nitrogens with zero attached hydrogens (tertiary/aromatic N) is 3. The van der Waals surface area contributed by atoms with E-state index in [0.717, 1.165) is 17.6 Å². The van der Waals surface area contributed by atoms with Gasteiger partial charge in [0.05, 0.1) is 12.6 Å². The maximum absolute atomic E-state index is 12.4. The van der Waals surface area contributed by atoms with E-state index in [2.05, 4.69) is 4.98 Å². The van der Waals surface area contributed by atoms with Crippen LogP contribution in [0, 0.1) is 5.41 Å². The number of hydrogen-bond acceptors (Lipinski definition) is 3. The summed E-state index contributed by atoms with van der Waals surface area (Å²) in [6.45, 7) is 6.30. The van der Waals surface area contributed by atoms with Gasteiger partial charge in [-0.2, -0.15) is 0 Å². The standard InChI is InChI=1S/C15H19N3O2/c1-15(2,3)14(19)18-12(5-9-20-18)11-4-7-17-8-6-16-13(17)10-11/h4,6-8,10,12H,5,9H2,1-3H3/t12-/m0/s1. The molecule has 1 atom stereocenters. The third kappa shape index (κ3) is 2.18. The number of imidazole rings is 1. The highest BCUT2D eigenvalue weighted by Crippen LogP contribution is 2.34. The minimum atomic E-state index is -0.444. The first-order chi connectivity index (χ1) is 9.47. The summed E-state index contributed by atoms with van der Waals surface area (Å²) in [5.41, 5.74) is 1.51. The van der Waals surface area contributed by atoms with Gasteiger partial charge in [-0.05, 0) is 17.7 Å². The Balaban J connectivity index is 1.93. The summed E-state index contributed by atoms with van der Waals surface area (Å²) in [5.74, 6) is 0.0169. The molecule has 3 heterocycles. The summed E-state index contributed by atoms with van der Waals surface area (Å²) in [6, 6.07) is 4.02. The van der Waals surface area contributed by atoms with E-state index in [0.29, 0.717) is 6.61 Å². The third-order valence-electron chi connectivity index (χ3n) is 3.55. The predicted octanol–water partition coefficient (Wildman–Crippen LogP) is 2.59. The quantitative estimate of drug-likeness (QED) is 0.802. The predicted molar refractivity (Wildman–Crippen MR) is 74.8 cm³/mol. The first kappa shape index (κ1) is 13.1. The molecule has 0 saturated carbocycles. The van der Waals surface area contributed by atoms with E-state index >= 15 is 0 Å². The number of hydroxylamine groups is 2. The maximum Gasteiger partial charge on any atom is 0.252 e. The number of carbonyl (C=O) groups excluding carboxylic acids is 1. The molecule has 1 amide bonds. The van der Waals surface area contributed by atoms with Crippen molar-refractivity contribution in [1.82, 2.24) is 14.4 Å². The molecule has 106 valence electrons. The molecular formula is C15H19N3O2. The van der Waals surface area contributed by atoms with Crippen molar-refractivity contribution in [3.8, 4) is 0 Å². The number of fused-ring (bicyclic) bond motifs is 1. The number of pyridine rings is 1. The molecule has 1 aliphatic rings. The summed E-state index contributed by atoms with van der Waals surface area (Å²) in [5, 5.41) is 1.54. The van der Waals surface area contributed by atoms with Crippen LogP contribution in [0.2, 0.25) is 0 Å². The van der Waals surface area contributed by atoms with E-state index in [1.807, 2.05) is 49.7 Å². The van der Waals surface area contributed by atoms with Crippen molar-refractivity contribution in [2.45, 2.75) is 33.2 Å². The van der Waals surface area contributed by atoms with Gasteiger partial charge in [-0.15, -0.1) is 0 Å². The lowest BCUT2D eigenvalue weighted by molar-refractivity contribution is -0.186. The zero-order valence-electron chi connectivity index (χ0n) is 12.0. The Morgan fingerprint density at radius 1 is 1.40 bits per heavy atom. The zero-order valence-corrected chi connectivity index (χ0v) is 12.0. The first-order valence-corrected chi connectivity index (χ1v) is 6.86. The summed E-state index contributed by atoms with van der Waals surface area (Å²) < 4.78 is 1.95. The van der Waals surface area contributed by atoms with Crippen molar-refractivity contribution in [3.05, 3.63) is 36.3 Å². The Hall–Kier alpha value is -1.88. The Labute approximate surface area is 118 Å². The molecule has 20 heavy (non-hydrogen) atoms. The fraction of sp³-hybridized carbons (Fsp3) is 0.467. The van der Waals surface area contributed by atoms with Crippen LogP contribution >= 0.6 is 0 Å². The molecule has 5 heteroatoms. The molecule has 0 N–H and O–H groups in total. The maximum atomic E-state index is 12.4. The fourth-order valence-electron chi connectivity index (χ4n) is 2.44. The van der Waals surface area contributed by atoms with E-state index in [9.17, 15) is 4.79 Å². The van der Waals surface area contributed by atoms with Crippen LogP contribution in [-0.2, 0) is 9.63 Å². The van der Waals surface area contributed by atoms with E-state index in [-0.39, 0.29) is 11.9 Å². The molecule has 1 fully saturated rings. The van der Waals surface area contributed by atoms with Gasteiger partial charge in [-0.25, -0.2) is 10.0 Å². The molecule has 0 spiro atoms. The van der Waals surface area contributed by atoms with Crippen molar-refractivity contribution >= 4 is 11.6 Å². The third-order valence-corrected chi connectivity index (χ3v) is 3.55. The van der Waals surface area contributed by atoms with E-state index in [1.165, 1.54) is 5.06 Å². The van der Waals surface area contributed by atoms with E-state index < -0.39 is 5.41 Å². The number of rotatable bonds is 1. The Kier molecular flexibility index (Phi) is 3.01. The molecule has 0 unspecified atom stereocenters. The molecule has 3 rings (SSSR count). The summed E-state index contributed by atoms with van der Waals surface area (Å²) >= 11 is 0. The highest BCUT2D eigenvalue weighted by Gasteiger charge is 2.37. The lowest BCUT2D eigenvalue weighted by atomic mass is 9.94. The minimum Gasteiger partial charge on any atom is -0.307 e. The molecule has 2 aromatic heterocycles. The van der Waals surface area contributed by atoms with Crippen LogP contribution in [0.3, 0.4) is 0 Å². The van der Waals surface area contributed by atoms with E-state index in [4.69, 9.17) is 4.84 Å². The number of carbonyl (C=O) groups is 1. The molecule has 5 nitrogen and oxygen atoms in total. The fourth-order valence-corrected chi connectivity index (χ4v) is 2.44. The molecular weight excluding hydrogens is 254 g/mol. The van der Waals surface area contributed by atoms with Gasteiger partial charge < -0.3 is 4.40 Å². The first-order valence-electron chi connectivity index (χ1n) is 6.86. The average Bonchev–Trinajstić information content (AvgIpc) is 3.04. The average molecular weight is 273 g/mol. The number of aromatic nitrogens is 2. The smallest absolute Gasteiger partial charge is 0.252 e. The van der Waals surface area contributed by atoms with Gasteiger partial charge in [-0.1, -0.05) is 20.8 Å². The van der Waals surface area contributed by atoms with Gasteiger partial charge in [-0.3, -0.25) is 9.63 Å². The van der Waals surface area contributed by atoms with Gasteiger partial charge >= 0.3 is 0 Å². The number of amides is 1. The largest absolute Gasteiger partial charge is 0.307 e. The van der Waals surface area contributed by atoms with Crippen molar-refractivity contribution in [2.75, 3.05) is 6.61 Å². The lowest BCUT2D eigenvalue weighted by Gasteiger charge is -2.29. The SMILES string of the molecule is CC(C)(C)C(=O)N1OCC[C@H]1c1ccn2ccnc2c1. The molecule has 0 radical (unpaired) electrons. The molecule has 1 aliphatic heterocycles. The van der Waals surface area contributed by atoms with Crippen LogP contribution in [0.4, 0.5) is 0 Å². The van der Waals surface area contributed by atoms with Crippen molar-refractivity contribution in [2.24, 2.45) is 5.41 Å². The van der Waals surface area contributed by atoms with Crippen LogP contribution in [0.5, 0.6) is 0 Å². The van der Waals surface area contributed by atoms with Crippen LogP contribution < -0.4 is 0 Å². The zero-order chi connectivity index (χ0) is 14.3. The van der Waals surface area contributed by atoms with Crippen molar-refractivity contribution in [1.29, 1.82) is 0 Å². The second-order valence-corrected chi connectivity index (χ2v) is 6.17.